The quantitative estimate of drug-likeness (QED) is 0.537. The molecular weight excluding hydrogens is 448 g/mol. The van der Waals surface area contributed by atoms with Gasteiger partial charge >= 0.3 is 5.97 Å². The highest BCUT2D eigenvalue weighted by Gasteiger charge is 2.33. The monoisotopic (exact) mass is 470 g/mol. The maximum atomic E-state index is 13.5. The molecule has 1 aliphatic heterocycles. The number of carbonyl (C=O) groups excluding carboxylic acids is 1. The largest absolute Gasteiger partial charge is 0.463 e. The second-order valence-electron chi connectivity index (χ2n) is 7.38. The van der Waals surface area contributed by atoms with E-state index in [1.54, 1.807) is 30.5 Å². The minimum absolute atomic E-state index is 0.216. The zero-order valence-corrected chi connectivity index (χ0v) is 19.8. The average Bonchev–Trinajstić information content (AvgIpc) is 3.27. The van der Waals surface area contributed by atoms with Crippen LogP contribution in [0.5, 0.6) is 0 Å². The standard InChI is InChI=1S/C23H23ClN4O3S/c1-5-27-12-16(13(3)26-27)11-18-21(29)28-20(15-7-9-17(24)10-8-15)19(22(30)31-6-2)14(4)25-23(28)32-18/h7-12,20H,5-6H2,1-4H3/b18-11+. The molecular formula is C23H23ClN4O3S. The van der Waals surface area contributed by atoms with Gasteiger partial charge in [0.25, 0.3) is 5.56 Å². The lowest BCUT2D eigenvalue weighted by Gasteiger charge is -2.24. The number of carbonyl (C=O) groups is 1. The smallest absolute Gasteiger partial charge is 0.338 e. The number of rotatable bonds is 5. The molecule has 1 unspecified atom stereocenters. The summed E-state index contributed by atoms with van der Waals surface area (Å²) < 4.78 is 9.23. The fourth-order valence-electron chi connectivity index (χ4n) is 3.73. The van der Waals surface area contributed by atoms with Crippen molar-refractivity contribution in [2.45, 2.75) is 40.3 Å². The molecule has 3 heterocycles. The molecule has 0 N–H and O–H groups in total. The predicted molar refractivity (Wildman–Crippen MR) is 124 cm³/mol. The number of hydrogen-bond donors (Lipinski definition) is 0. The lowest BCUT2D eigenvalue weighted by Crippen LogP contribution is -2.39. The molecule has 7 nitrogen and oxygen atoms in total. The third-order valence-electron chi connectivity index (χ3n) is 5.30. The first kappa shape index (κ1) is 22.2. The molecule has 1 aliphatic rings. The van der Waals surface area contributed by atoms with Gasteiger partial charge in [-0.05, 0) is 51.5 Å². The van der Waals surface area contributed by atoms with E-state index in [9.17, 15) is 9.59 Å². The predicted octanol–water partition coefficient (Wildman–Crippen LogP) is 2.98. The first-order valence-electron chi connectivity index (χ1n) is 10.3. The SMILES string of the molecule is CCOC(=O)C1=C(C)N=c2s/c(=C/c3cn(CC)nc3C)c(=O)n2C1c1ccc(Cl)cc1. The minimum atomic E-state index is -0.649. The van der Waals surface area contributed by atoms with Crippen LogP contribution in [0, 0.1) is 6.92 Å². The van der Waals surface area contributed by atoms with Crippen LogP contribution in [0.2, 0.25) is 5.02 Å². The zero-order chi connectivity index (χ0) is 23.0. The van der Waals surface area contributed by atoms with Crippen LogP contribution in [0.25, 0.3) is 6.08 Å². The number of nitrogens with zero attached hydrogens (tertiary/aromatic N) is 4. The number of halogens is 1. The van der Waals surface area contributed by atoms with Gasteiger partial charge in [0.2, 0.25) is 0 Å². The van der Waals surface area contributed by atoms with Gasteiger partial charge < -0.3 is 4.74 Å². The Balaban J connectivity index is 1.95. The summed E-state index contributed by atoms with van der Waals surface area (Å²) in [5, 5.41) is 5.02. The molecule has 1 atom stereocenters. The Morgan fingerprint density at radius 1 is 1.25 bits per heavy atom. The van der Waals surface area contributed by atoms with Gasteiger partial charge in [-0.1, -0.05) is 35.1 Å². The van der Waals surface area contributed by atoms with E-state index in [0.717, 1.165) is 23.4 Å². The summed E-state index contributed by atoms with van der Waals surface area (Å²) in [5.41, 5.74) is 3.15. The fraction of sp³-hybridized carbons (Fsp3) is 0.304. The number of hydrogen-bond acceptors (Lipinski definition) is 6. The van der Waals surface area contributed by atoms with E-state index < -0.39 is 12.0 Å². The summed E-state index contributed by atoms with van der Waals surface area (Å²) in [4.78, 5) is 31.5. The molecule has 0 aliphatic carbocycles. The highest BCUT2D eigenvalue weighted by atomic mass is 35.5. The Kier molecular flexibility index (Phi) is 6.17. The topological polar surface area (TPSA) is 78.5 Å². The maximum absolute atomic E-state index is 13.5. The number of aryl methyl sites for hydroxylation is 2. The van der Waals surface area contributed by atoms with Crippen LogP contribution in [0.15, 0.2) is 51.5 Å². The molecule has 2 aromatic heterocycles. The van der Waals surface area contributed by atoms with E-state index in [0.29, 0.717) is 25.6 Å². The third kappa shape index (κ3) is 3.96. The maximum Gasteiger partial charge on any atom is 0.338 e. The molecule has 0 spiro atoms. The van der Waals surface area contributed by atoms with Crippen molar-refractivity contribution >= 4 is 35.0 Å². The van der Waals surface area contributed by atoms with Crippen LogP contribution in [0.3, 0.4) is 0 Å². The normalized spacial score (nSPS) is 16.2. The van der Waals surface area contributed by atoms with Crippen LogP contribution in [-0.2, 0) is 16.1 Å². The molecule has 3 aromatic rings. The molecule has 1 aromatic carbocycles. The molecule has 0 radical (unpaired) electrons. The summed E-state index contributed by atoms with van der Waals surface area (Å²) in [6, 6.07) is 6.47. The Bertz CT molecular complexity index is 1400. The van der Waals surface area contributed by atoms with Crippen LogP contribution in [-0.4, -0.2) is 26.9 Å². The summed E-state index contributed by atoms with van der Waals surface area (Å²) >= 11 is 7.37. The molecule has 0 saturated carbocycles. The van der Waals surface area contributed by atoms with Gasteiger partial charge in [-0.15, -0.1) is 0 Å². The molecule has 32 heavy (non-hydrogen) atoms. The highest BCUT2D eigenvalue weighted by Crippen LogP contribution is 2.31. The van der Waals surface area contributed by atoms with Crippen LogP contribution in [0.1, 0.15) is 43.6 Å². The lowest BCUT2D eigenvalue weighted by atomic mass is 9.96. The van der Waals surface area contributed by atoms with Gasteiger partial charge in [-0.3, -0.25) is 14.0 Å². The van der Waals surface area contributed by atoms with Crippen LogP contribution < -0.4 is 14.9 Å². The average molecular weight is 471 g/mol. The van der Waals surface area contributed by atoms with E-state index in [1.807, 2.05) is 42.9 Å². The Morgan fingerprint density at radius 2 is 1.97 bits per heavy atom. The first-order valence-corrected chi connectivity index (χ1v) is 11.5. The number of esters is 1. The van der Waals surface area contributed by atoms with Crippen molar-refractivity contribution in [3.8, 4) is 0 Å². The van der Waals surface area contributed by atoms with Crippen molar-refractivity contribution in [2.24, 2.45) is 4.99 Å². The summed E-state index contributed by atoms with van der Waals surface area (Å²) in [6.45, 7) is 8.41. The van der Waals surface area contributed by atoms with E-state index in [-0.39, 0.29) is 12.2 Å². The molecule has 9 heteroatoms. The van der Waals surface area contributed by atoms with Crippen molar-refractivity contribution in [2.75, 3.05) is 6.61 Å². The lowest BCUT2D eigenvalue weighted by molar-refractivity contribution is -0.139. The van der Waals surface area contributed by atoms with Crippen molar-refractivity contribution in [1.82, 2.24) is 14.3 Å². The molecule has 4 rings (SSSR count). The van der Waals surface area contributed by atoms with Crippen LogP contribution in [0.4, 0.5) is 0 Å². The van der Waals surface area contributed by atoms with Gasteiger partial charge in [0.15, 0.2) is 4.80 Å². The number of ether oxygens (including phenoxy) is 1. The zero-order valence-electron chi connectivity index (χ0n) is 18.3. The van der Waals surface area contributed by atoms with Crippen LogP contribution >= 0.6 is 22.9 Å². The van der Waals surface area contributed by atoms with Crippen molar-refractivity contribution in [3.63, 3.8) is 0 Å². The van der Waals surface area contributed by atoms with Crippen molar-refractivity contribution < 1.29 is 9.53 Å². The molecule has 0 amide bonds. The number of fused-ring (bicyclic) bond motifs is 1. The Morgan fingerprint density at radius 3 is 2.59 bits per heavy atom. The van der Waals surface area contributed by atoms with Crippen molar-refractivity contribution in [3.05, 3.63) is 83.3 Å². The van der Waals surface area contributed by atoms with E-state index in [2.05, 4.69) is 10.1 Å². The third-order valence-corrected chi connectivity index (χ3v) is 6.53. The van der Waals surface area contributed by atoms with E-state index in [1.165, 1.54) is 11.3 Å². The summed E-state index contributed by atoms with van der Waals surface area (Å²) in [5.74, 6) is -0.483. The Hall–Kier alpha value is -2.97. The minimum Gasteiger partial charge on any atom is -0.463 e. The second kappa shape index (κ2) is 8.88. The first-order chi connectivity index (χ1) is 15.3. The molecule has 0 saturated heterocycles. The molecule has 166 valence electrons. The van der Waals surface area contributed by atoms with Gasteiger partial charge in [0, 0.05) is 23.3 Å². The van der Waals surface area contributed by atoms with Crippen molar-refractivity contribution in [1.29, 1.82) is 0 Å². The fourth-order valence-corrected chi connectivity index (χ4v) is 4.89. The van der Waals surface area contributed by atoms with Gasteiger partial charge in [0.1, 0.15) is 0 Å². The van der Waals surface area contributed by atoms with Gasteiger partial charge in [-0.25, -0.2) is 9.79 Å². The number of allylic oxidation sites excluding steroid dienone is 1. The summed E-state index contributed by atoms with van der Waals surface area (Å²) in [7, 11) is 0. The number of aromatic nitrogens is 3. The Labute approximate surface area is 193 Å². The molecule has 0 fully saturated rings. The summed E-state index contributed by atoms with van der Waals surface area (Å²) in [6.07, 6.45) is 3.75. The molecule has 0 bridgehead atoms. The second-order valence-corrected chi connectivity index (χ2v) is 8.82. The van der Waals surface area contributed by atoms with E-state index in [4.69, 9.17) is 16.3 Å². The van der Waals surface area contributed by atoms with Gasteiger partial charge in [0.05, 0.1) is 34.1 Å². The number of benzene rings is 1. The van der Waals surface area contributed by atoms with E-state index >= 15 is 0 Å². The number of thiazole rings is 1. The highest BCUT2D eigenvalue weighted by molar-refractivity contribution is 7.07. The van der Waals surface area contributed by atoms with Gasteiger partial charge in [-0.2, -0.15) is 5.10 Å².